The Hall–Kier alpha value is -1.14. The summed E-state index contributed by atoms with van der Waals surface area (Å²) >= 11 is 0. The molecule has 17 heavy (non-hydrogen) atoms. The van der Waals surface area contributed by atoms with Crippen LogP contribution in [0.2, 0.25) is 0 Å². The summed E-state index contributed by atoms with van der Waals surface area (Å²) < 4.78 is 5.26. The van der Waals surface area contributed by atoms with E-state index < -0.39 is 18.2 Å². The van der Waals surface area contributed by atoms with Gasteiger partial charge in [0.2, 0.25) is 0 Å². The molecule has 0 spiro atoms. The number of carbonyl (C=O) groups is 2. The van der Waals surface area contributed by atoms with Gasteiger partial charge in [-0.3, -0.25) is 4.79 Å². The highest BCUT2D eigenvalue weighted by Crippen LogP contribution is 2.22. The lowest BCUT2D eigenvalue weighted by Gasteiger charge is -2.33. The maximum atomic E-state index is 12.1. The highest BCUT2D eigenvalue weighted by Gasteiger charge is 2.37. The number of rotatable bonds is 2. The van der Waals surface area contributed by atoms with Crippen molar-refractivity contribution >= 4 is 11.9 Å². The molecule has 0 unspecified atom stereocenters. The molecule has 0 aromatic heterocycles. The van der Waals surface area contributed by atoms with E-state index in [0.29, 0.717) is 25.9 Å². The second kappa shape index (κ2) is 5.01. The summed E-state index contributed by atoms with van der Waals surface area (Å²) in [6, 6.07) is 0. The van der Waals surface area contributed by atoms with E-state index >= 15 is 0 Å². The highest BCUT2D eigenvalue weighted by atomic mass is 16.5. The van der Waals surface area contributed by atoms with Crippen molar-refractivity contribution in [2.24, 2.45) is 0 Å². The number of ether oxygens (including phenoxy) is 1. The monoisotopic (exact) mass is 242 g/mol. The number of hydrogen-bond acceptors (Lipinski definition) is 4. The van der Waals surface area contributed by atoms with Gasteiger partial charge in [-0.05, 0) is 19.9 Å². The van der Waals surface area contributed by atoms with Crippen LogP contribution in [0, 0.1) is 0 Å². The molecule has 0 radical (unpaired) electrons. The standard InChI is InChI=1S/C11H18N2O4/c1-12-4-6-13(7-5-12)10(14)8-2-3-9(17-8)11(15)16/h8-9H,2-7H2,1H3,(H,15,16)/t8-,9+/m0/s1. The fourth-order valence-electron chi connectivity index (χ4n) is 2.23. The van der Waals surface area contributed by atoms with Crippen molar-refractivity contribution in [3.63, 3.8) is 0 Å². The molecule has 0 aromatic rings. The second-order valence-corrected chi connectivity index (χ2v) is 4.66. The van der Waals surface area contributed by atoms with Crippen molar-refractivity contribution in [3.8, 4) is 0 Å². The van der Waals surface area contributed by atoms with Gasteiger partial charge in [-0.15, -0.1) is 0 Å². The summed E-state index contributed by atoms with van der Waals surface area (Å²) in [5, 5.41) is 8.80. The normalized spacial score (nSPS) is 30.5. The van der Waals surface area contributed by atoms with Crippen molar-refractivity contribution < 1.29 is 19.4 Å². The van der Waals surface area contributed by atoms with E-state index in [1.54, 1.807) is 4.90 Å². The van der Waals surface area contributed by atoms with Crippen LogP contribution in [-0.4, -0.2) is 72.2 Å². The van der Waals surface area contributed by atoms with E-state index in [2.05, 4.69) is 4.90 Å². The van der Waals surface area contributed by atoms with Crippen LogP contribution in [0.25, 0.3) is 0 Å². The fraction of sp³-hybridized carbons (Fsp3) is 0.818. The predicted octanol–water partition coefficient (Wildman–Crippen LogP) is -0.607. The number of piperazine rings is 1. The number of carboxylic acids is 1. The third-order valence-corrected chi connectivity index (χ3v) is 3.39. The lowest BCUT2D eigenvalue weighted by Crippen LogP contribution is -2.50. The molecule has 0 bridgehead atoms. The zero-order valence-corrected chi connectivity index (χ0v) is 9.96. The van der Waals surface area contributed by atoms with Crippen molar-refractivity contribution in [1.82, 2.24) is 9.80 Å². The van der Waals surface area contributed by atoms with Gasteiger partial charge < -0.3 is 19.6 Å². The SMILES string of the molecule is CN1CCN(C(=O)[C@@H]2CC[C@H](C(=O)O)O2)CC1. The Morgan fingerprint density at radius 2 is 1.71 bits per heavy atom. The summed E-state index contributed by atoms with van der Waals surface area (Å²) in [4.78, 5) is 26.7. The summed E-state index contributed by atoms with van der Waals surface area (Å²) in [5.74, 6) is -1.03. The molecule has 96 valence electrons. The highest BCUT2D eigenvalue weighted by molar-refractivity contribution is 5.82. The van der Waals surface area contributed by atoms with Gasteiger partial charge in [-0.2, -0.15) is 0 Å². The van der Waals surface area contributed by atoms with Crippen LogP contribution in [0.1, 0.15) is 12.8 Å². The van der Waals surface area contributed by atoms with Gasteiger partial charge in [-0.1, -0.05) is 0 Å². The molecule has 2 aliphatic heterocycles. The van der Waals surface area contributed by atoms with Crippen LogP contribution in [0.3, 0.4) is 0 Å². The Morgan fingerprint density at radius 1 is 1.12 bits per heavy atom. The second-order valence-electron chi connectivity index (χ2n) is 4.66. The van der Waals surface area contributed by atoms with E-state index in [-0.39, 0.29) is 5.91 Å². The van der Waals surface area contributed by atoms with E-state index in [1.165, 1.54) is 0 Å². The van der Waals surface area contributed by atoms with Crippen molar-refractivity contribution in [2.45, 2.75) is 25.0 Å². The zero-order chi connectivity index (χ0) is 12.4. The molecule has 1 N–H and O–H groups in total. The third-order valence-electron chi connectivity index (χ3n) is 3.39. The number of amides is 1. The van der Waals surface area contributed by atoms with Crippen LogP contribution in [0.15, 0.2) is 0 Å². The maximum Gasteiger partial charge on any atom is 0.332 e. The van der Waals surface area contributed by atoms with Crippen molar-refractivity contribution in [2.75, 3.05) is 33.2 Å². The largest absolute Gasteiger partial charge is 0.479 e. The first-order valence-electron chi connectivity index (χ1n) is 5.93. The Labute approximate surface area is 100 Å². The molecule has 0 saturated carbocycles. The number of nitrogens with zero attached hydrogens (tertiary/aromatic N) is 2. The number of carbonyl (C=O) groups excluding carboxylic acids is 1. The molecular weight excluding hydrogens is 224 g/mol. The number of hydrogen-bond donors (Lipinski definition) is 1. The Balaban J connectivity index is 1.86. The topological polar surface area (TPSA) is 70.1 Å². The first kappa shape index (κ1) is 12.3. The van der Waals surface area contributed by atoms with Crippen molar-refractivity contribution in [3.05, 3.63) is 0 Å². The minimum absolute atomic E-state index is 0.0538. The minimum Gasteiger partial charge on any atom is -0.479 e. The number of likely N-dealkylation sites (N-methyl/N-ethyl adjacent to an activating group) is 1. The molecule has 2 fully saturated rings. The Morgan fingerprint density at radius 3 is 2.24 bits per heavy atom. The molecule has 2 rings (SSSR count). The summed E-state index contributed by atoms with van der Waals surface area (Å²) in [7, 11) is 2.02. The van der Waals surface area contributed by atoms with Gasteiger partial charge in [0.15, 0.2) is 6.10 Å². The van der Waals surface area contributed by atoms with E-state index in [4.69, 9.17) is 9.84 Å². The van der Waals surface area contributed by atoms with Crippen LogP contribution in [0.4, 0.5) is 0 Å². The first-order chi connectivity index (χ1) is 8.08. The van der Waals surface area contributed by atoms with Crippen LogP contribution >= 0.6 is 0 Å². The van der Waals surface area contributed by atoms with Crippen molar-refractivity contribution in [1.29, 1.82) is 0 Å². The Kier molecular flexibility index (Phi) is 3.63. The molecule has 2 atom stereocenters. The maximum absolute atomic E-state index is 12.1. The van der Waals surface area contributed by atoms with Gasteiger partial charge in [-0.25, -0.2) is 4.79 Å². The van der Waals surface area contributed by atoms with Gasteiger partial charge >= 0.3 is 5.97 Å². The summed E-state index contributed by atoms with van der Waals surface area (Å²) in [6.45, 7) is 3.13. The third kappa shape index (κ3) is 2.76. The van der Waals surface area contributed by atoms with E-state index in [9.17, 15) is 9.59 Å². The lowest BCUT2D eigenvalue weighted by molar-refractivity contribution is -0.155. The summed E-state index contributed by atoms with van der Waals surface area (Å²) in [5.41, 5.74) is 0. The molecule has 6 nitrogen and oxygen atoms in total. The summed E-state index contributed by atoms with van der Waals surface area (Å²) in [6.07, 6.45) is -0.419. The minimum atomic E-state index is -0.973. The molecule has 0 aliphatic carbocycles. The molecule has 2 aliphatic rings. The average Bonchev–Trinajstić information content (AvgIpc) is 2.78. The molecule has 6 heteroatoms. The predicted molar refractivity (Wildman–Crippen MR) is 59.6 cm³/mol. The van der Waals surface area contributed by atoms with Crippen LogP contribution in [0.5, 0.6) is 0 Å². The van der Waals surface area contributed by atoms with Gasteiger partial charge in [0, 0.05) is 26.2 Å². The average molecular weight is 242 g/mol. The van der Waals surface area contributed by atoms with Crippen LogP contribution < -0.4 is 0 Å². The number of carboxylic acid groups (broad SMARTS) is 1. The van der Waals surface area contributed by atoms with Gasteiger partial charge in [0.05, 0.1) is 0 Å². The number of aliphatic carboxylic acids is 1. The van der Waals surface area contributed by atoms with Gasteiger partial charge in [0.1, 0.15) is 6.10 Å². The van der Waals surface area contributed by atoms with Gasteiger partial charge in [0.25, 0.3) is 5.91 Å². The Bertz CT molecular complexity index is 313. The molecule has 2 saturated heterocycles. The molecular formula is C11H18N2O4. The smallest absolute Gasteiger partial charge is 0.332 e. The van der Waals surface area contributed by atoms with E-state index in [1.807, 2.05) is 7.05 Å². The fourth-order valence-corrected chi connectivity index (χ4v) is 2.23. The lowest BCUT2D eigenvalue weighted by atomic mass is 10.1. The van der Waals surface area contributed by atoms with Crippen LogP contribution in [-0.2, 0) is 14.3 Å². The first-order valence-corrected chi connectivity index (χ1v) is 5.93. The molecule has 0 aromatic carbocycles. The quantitative estimate of drug-likeness (QED) is 0.699. The van der Waals surface area contributed by atoms with E-state index in [0.717, 1.165) is 13.1 Å². The molecule has 1 amide bonds. The zero-order valence-electron chi connectivity index (χ0n) is 9.96. The molecule has 2 heterocycles.